The Morgan fingerprint density at radius 1 is 1.30 bits per heavy atom. The van der Waals surface area contributed by atoms with Gasteiger partial charge in [-0.25, -0.2) is 13.9 Å². The molecule has 0 aliphatic carbocycles. The van der Waals surface area contributed by atoms with E-state index in [1.54, 1.807) is 21.5 Å². The van der Waals surface area contributed by atoms with Gasteiger partial charge in [0.15, 0.2) is 0 Å². The van der Waals surface area contributed by atoms with Gasteiger partial charge in [0.1, 0.15) is 5.82 Å². The number of carbonyl (C=O) groups is 1. The lowest BCUT2D eigenvalue weighted by atomic mass is 9.99. The summed E-state index contributed by atoms with van der Waals surface area (Å²) in [6.45, 7) is 4.54. The van der Waals surface area contributed by atoms with Crippen molar-refractivity contribution in [3.8, 4) is 0 Å². The molecular formula is C23H30FN7OS. The van der Waals surface area contributed by atoms with Crippen molar-refractivity contribution >= 4 is 23.4 Å². The zero-order valence-corrected chi connectivity index (χ0v) is 20.2. The molecule has 8 nitrogen and oxygen atoms in total. The minimum atomic E-state index is -0.216. The number of amides is 1. The topological polar surface area (TPSA) is 87.5 Å². The summed E-state index contributed by atoms with van der Waals surface area (Å²) < 4.78 is 15.2. The Morgan fingerprint density at radius 3 is 2.88 bits per heavy atom. The van der Waals surface area contributed by atoms with E-state index in [0.29, 0.717) is 17.5 Å². The van der Waals surface area contributed by atoms with Crippen LogP contribution < -0.4 is 10.9 Å². The Morgan fingerprint density at radius 2 is 2.12 bits per heavy atom. The van der Waals surface area contributed by atoms with Crippen molar-refractivity contribution in [2.75, 3.05) is 19.8 Å². The number of nitrogens with one attached hydrogen (secondary N) is 2. The number of halogens is 1. The van der Waals surface area contributed by atoms with Crippen LogP contribution in [-0.4, -0.2) is 56.3 Å². The predicted octanol–water partition coefficient (Wildman–Crippen LogP) is 2.99. The molecule has 1 aromatic carbocycles. The van der Waals surface area contributed by atoms with Gasteiger partial charge in [0.2, 0.25) is 11.1 Å². The molecule has 176 valence electrons. The molecule has 0 bridgehead atoms. The van der Waals surface area contributed by atoms with Crippen LogP contribution in [0.4, 0.5) is 4.39 Å². The standard InChI is InChI=1S/C23H30FN7OS/c1-14-19(15(2)31-22(25-14)26-23(29-31)33-4)13-21(32)30(3)10-6-9-18-12-20(28-27-18)16-7-5-8-17(24)11-16/h5,7-8,11,18,20,27-28H,6,9-10,12-13H2,1-4H3. The van der Waals surface area contributed by atoms with E-state index in [1.165, 1.54) is 17.8 Å². The maximum absolute atomic E-state index is 13.5. The molecule has 1 aliphatic rings. The van der Waals surface area contributed by atoms with E-state index >= 15 is 0 Å². The molecule has 3 aromatic rings. The van der Waals surface area contributed by atoms with Gasteiger partial charge >= 0.3 is 0 Å². The number of hydrogen-bond donors (Lipinski definition) is 2. The number of benzene rings is 1. The highest BCUT2D eigenvalue weighted by Crippen LogP contribution is 2.24. The van der Waals surface area contributed by atoms with Gasteiger partial charge in [-0.2, -0.15) is 4.98 Å². The first-order valence-electron chi connectivity index (χ1n) is 11.1. The molecule has 0 saturated carbocycles. The number of aromatic nitrogens is 4. The summed E-state index contributed by atoms with van der Waals surface area (Å²) in [4.78, 5) is 23.6. The van der Waals surface area contributed by atoms with Crippen molar-refractivity contribution in [1.82, 2.24) is 35.3 Å². The van der Waals surface area contributed by atoms with Crippen molar-refractivity contribution in [2.45, 2.75) is 56.8 Å². The summed E-state index contributed by atoms with van der Waals surface area (Å²) in [5.74, 6) is 0.405. The molecule has 2 unspecified atom stereocenters. The van der Waals surface area contributed by atoms with E-state index in [0.717, 1.165) is 41.8 Å². The van der Waals surface area contributed by atoms with E-state index in [1.807, 2.05) is 33.2 Å². The Kier molecular flexibility index (Phi) is 7.26. The summed E-state index contributed by atoms with van der Waals surface area (Å²) in [6, 6.07) is 7.10. The first-order valence-corrected chi connectivity index (χ1v) is 12.4. The van der Waals surface area contributed by atoms with Crippen molar-refractivity contribution in [3.63, 3.8) is 0 Å². The second kappa shape index (κ2) is 10.1. The van der Waals surface area contributed by atoms with Crippen LogP contribution in [-0.2, 0) is 11.2 Å². The second-order valence-electron chi connectivity index (χ2n) is 8.53. The first-order chi connectivity index (χ1) is 15.9. The van der Waals surface area contributed by atoms with Crippen LogP contribution in [0.5, 0.6) is 0 Å². The predicted molar refractivity (Wildman–Crippen MR) is 126 cm³/mol. The van der Waals surface area contributed by atoms with Gasteiger partial charge in [-0.15, -0.1) is 5.10 Å². The van der Waals surface area contributed by atoms with Crippen LogP contribution in [0.25, 0.3) is 5.78 Å². The van der Waals surface area contributed by atoms with Gasteiger partial charge in [-0.1, -0.05) is 23.9 Å². The van der Waals surface area contributed by atoms with E-state index in [-0.39, 0.29) is 30.2 Å². The minimum absolute atomic E-state index is 0.0581. The highest BCUT2D eigenvalue weighted by atomic mass is 32.2. The van der Waals surface area contributed by atoms with Crippen LogP contribution in [0, 0.1) is 19.7 Å². The van der Waals surface area contributed by atoms with Crippen molar-refractivity contribution in [3.05, 3.63) is 52.6 Å². The quantitative estimate of drug-likeness (QED) is 0.489. The number of rotatable bonds is 8. The molecule has 10 heteroatoms. The fourth-order valence-electron chi connectivity index (χ4n) is 4.27. The van der Waals surface area contributed by atoms with Gasteiger partial charge in [-0.3, -0.25) is 15.6 Å². The van der Waals surface area contributed by atoms with Crippen molar-refractivity contribution in [1.29, 1.82) is 0 Å². The monoisotopic (exact) mass is 471 g/mol. The zero-order valence-electron chi connectivity index (χ0n) is 19.4. The third-order valence-corrected chi connectivity index (χ3v) is 6.78. The molecule has 0 radical (unpaired) electrons. The lowest BCUT2D eigenvalue weighted by Crippen LogP contribution is -2.33. The van der Waals surface area contributed by atoms with E-state index in [9.17, 15) is 9.18 Å². The molecule has 33 heavy (non-hydrogen) atoms. The van der Waals surface area contributed by atoms with E-state index < -0.39 is 0 Å². The third kappa shape index (κ3) is 5.34. The largest absolute Gasteiger partial charge is 0.345 e. The van der Waals surface area contributed by atoms with Crippen LogP contribution in [0.15, 0.2) is 29.4 Å². The smallest absolute Gasteiger partial charge is 0.253 e. The molecule has 1 aliphatic heterocycles. The Bertz CT molecular complexity index is 1150. The summed E-state index contributed by atoms with van der Waals surface area (Å²) >= 11 is 1.47. The zero-order chi connectivity index (χ0) is 23.5. The van der Waals surface area contributed by atoms with Crippen LogP contribution in [0.3, 0.4) is 0 Å². The maximum atomic E-state index is 13.5. The first kappa shape index (κ1) is 23.6. The minimum Gasteiger partial charge on any atom is -0.345 e. The number of thioether (sulfide) groups is 1. The molecule has 1 amide bonds. The molecule has 3 heterocycles. The number of aryl methyl sites for hydroxylation is 2. The molecule has 1 fully saturated rings. The highest BCUT2D eigenvalue weighted by molar-refractivity contribution is 7.98. The number of nitrogens with zero attached hydrogens (tertiary/aromatic N) is 5. The molecule has 1 saturated heterocycles. The van der Waals surface area contributed by atoms with Gasteiger partial charge < -0.3 is 4.90 Å². The number of carbonyl (C=O) groups excluding carboxylic acids is 1. The average molecular weight is 472 g/mol. The second-order valence-corrected chi connectivity index (χ2v) is 9.31. The SMILES string of the molecule is CSc1nc2nc(C)c(CC(=O)N(C)CCCC3CC(c4cccc(F)c4)NN3)c(C)n2n1. The highest BCUT2D eigenvalue weighted by Gasteiger charge is 2.25. The molecule has 4 rings (SSSR count). The fraction of sp³-hybridized carbons (Fsp3) is 0.478. The van der Waals surface area contributed by atoms with Gasteiger partial charge in [0, 0.05) is 42.6 Å². The summed E-state index contributed by atoms with van der Waals surface area (Å²) in [6.07, 6.45) is 4.91. The lowest BCUT2D eigenvalue weighted by Gasteiger charge is -2.19. The van der Waals surface area contributed by atoms with E-state index in [2.05, 4.69) is 25.9 Å². The third-order valence-electron chi connectivity index (χ3n) is 6.24. The normalized spacial score (nSPS) is 18.2. The molecule has 2 aromatic heterocycles. The molecule has 2 N–H and O–H groups in total. The summed E-state index contributed by atoms with van der Waals surface area (Å²) in [7, 11) is 1.84. The lowest BCUT2D eigenvalue weighted by molar-refractivity contribution is -0.129. The maximum Gasteiger partial charge on any atom is 0.253 e. The Hall–Kier alpha value is -2.56. The molecule has 2 atom stereocenters. The van der Waals surface area contributed by atoms with Gasteiger partial charge in [0.25, 0.3) is 5.78 Å². The van der Waals surface area contributed by atoms with E-state index in [4.69, 9.17) is 0 Å². The van der Waals surface area contributed by atoms with Crippen LogP contribution >= 0.6 is 11.8 Å². The summed E-state index contributed by atoms with van der Waals surface area (Å²) in [5.41, 5.74) is 10.1. The number of fused-ring (bicyclic) bond motifs is 1. The van der Waals surface area contributed by atoms with Crippen molar-refractivity contribution < 1.29 is 9.18 Å². The number of likely N-dealkylation sites (N-methyl/N-ethyl adjacent to an activating group) is 1. The summed E-state index contributed by atoms with van der Waals surface area (Å²) in [5, 5.41) is 5.13. The number of hydrogen-bond acceptors (Lipinski definition) is 7. The van der Waals surface area contributed by atoms with Gasteiger partial charge in [-0.05, 0) is 57.1 Å². The Balaban J connectivity index is 1.29. The van der Waals surface area contributed by atoms with Crippen LogP contribution in [0.2, 0.25) is 0 Å². The Labute approximate surface area is 197 Å². The van der Waals surface area contributed by atoms with Crippen LogP contribution in [0.1, 0.15) is 47.8 Å². The molecule has 0 spiro atoms. The number of hydrazine groups is 1. The fourth-order valence-corrected chi connectivity index (χ4v) is 4.61. The average Bonchev–Trinajstić information content (AvgIpc) is 3.43. The van der Waals surface area contributed by atoms with Crippen molar-refractivity contribution in [2.24, 2.45) is 0 Å². The van der Waals surface area contributed by atoms with Gasteiger partial charge in [0.05, 0.1) is 6.42 Å². The molecular weight excluding hydrogens is 441 g/mol.